The second-order valence-corrected chi connectivity index (χ2v) is 7.34. The van der Waals surface area contributed by atoms with Gasteiger partial charge in [0, 0.05) is 44.8 Å². The first-order valence-electron chi connectivity index (χ1n) is 8.39. The third-order valence-electron chi connectivity index (χ3n) is 5.84. The van der Waals surface area contributed by atoms with Crippen molar-refractivity contribution in [3.8, 4) is 0 Å². The van der Waals surface area contributed by atoms with E-state index in [0.29, 0.717) is 5.54 Å². The van der Waals surface area contributed by atoms with Crippen molar-refractivity contribution in [1.82, 2.24) is 9.80 Å². The molecule has 1 heterocycles. The minimum Gasteiger partial charge on any atom is -0.329 e. The van der Waals surface area contributed by atoms with Gasteiger partial charge in [0.1, 0.15) is 0 Å². The van der Waals surface area contributed by atoms with E-state index in [2.05, 4.69) is 16.7 Å². The van der Waals surface area contributed by atoms with E-state index >= 15 is 0 Å². The number of nitrogens with two attached hydrogens (primary N) is 1. The molecule has 3 aliphatic rings. The second-order valence-electron chi connectivity index (χ2n) is 7.34. The molecule has 110 valence electrons. The largest absolute Gasteiger partial charge is 0.329 e. The van der Waals surface area contributed by atoms with Crippen LogP contribution in [0.2, 0.25) is 0 Å². The zero-order valence-corrected chi connectivity index (χ0v) is 12.6. The fourth-order valence-corrected chi connectivity index (χ4v) is 4.02. The van der Waals surface area contributed by atoms with Gasteiger partial charge in [0.15, 0.2) is 0 Å². The van der Waals surface area contributed by atoms with Crippen LogP contribution >= 0.6 is 0 Å². The summed E-state index contributed by atoms with van der Waals surface area (Å²) >= 11 is 0. The van der Waals surface area contributed by atoms with Crippen LogP contribution in [0.5, 0.6) is 0 Å². The van der Waals surface area contributed by atoms with Gasteiger partial charge in [-0.1, -0.05) is 6.92 Å². The molecule has 3 rings (SSSR count). The third kappa shape index (κ3) is 3.14. The molecule has 0 bridgehead atoms. The molecule has 0 aromatic carbocycles. The molecular weight excluding hydrogens is 234 g/mol. The first kappa shape index (κ1) is 13.8. The van der Waals surface area contributed by atoms with Crippen LogP contribution in [0.4, 0.5) is 0 Å². The third-order valence-corrected chi connectivity index (χ3v) is 5.84. The van der Waals surface area contributed by atoms with Gasteiger partial charge in [0.25, 0.3) is 0 Å². The lowest BCUT2D eigenvalue weighted by Gasteiger charge is -2.50. The Labute approximate surface area is 118 Å². The Kier molecular flexibility index (Phi) is 4.16. The van der Waals surface area contributed by atoms with Crippen molar-refractivity contribution in [2.45, 2.75) is 51.0 Å². The molecule has 3 fully saturated rings. The molecule has 0 amide bonds. The van der Waals surface area contributed by atoms with Crippen LogP contribution in [0.1, 0.15) is 45.4 Å². The van der Waals surface area contributed by atoms with Crippen LogP contribution in [0.15, 0.2) is 0 Å². The van der Waals surface area contributed by atoms with Crippen molar-refractivity contribution in [1.29, 1.82) is 0 Å². The van der Waals surface area contributed by atoms with E-state index < -0.39 is 0 Å². The molecule has 0 atom stereocenters. The monoisotopic (exact) mass is 265 g/mol. The Morgan fingerprint density at radius 2 is 1.63 bits per heavy atom. The molecule has 0 radical (unpaired) electrons. The topological polar surface area (TPSA) is 32.5 Å². The van der Waals surface area contributed by atoms with E-state index in [4.69, 9.17) is 5.73 Å². The first-order valence-corrected chi connectivity index (χ1v) is 8.39. The normalized spacial score (nSPS) is 38.5. The number of nitrogens with zero attached hydrogens (tertiary/aromatic N) is 2. The molecule has 2 N–H and O–H groups in total. The van der Waals surface area contributed by atoms with Gasteiger partial charge in [0.05, 0.1) is 0 Å². The molecule has 0 spiro atoms. The van der Waals surface area contributed by atoms with Crippen LogP contribution in [-0.2, 0) is 0 Å². The van der Waals surface area contributed by atoms with E-state index in [1.807, 2.05) is 0 Å². The summed E-state index contributed by atoms with van der Waals surface area (Å²) in [4.78, 5) is 5.42. The average Bonchev–Trinajstić information content (AvgIpc) is 3.25. The molecule has 1 aliphatic heterocycles. The van der Waals surface area contributed by atoms with Crippen molar-refractivity contribution < 1.29 is 0 Å². The average molecular weight is 265 g/mol. The molecule has 1 saturated heterocycles. The summed E-state index contributed by atoms with van der Waals surface area (Å²) in [6, 6.07) is 0. The van der Waals surface area contributed by atoms with Crippen molar-refractivity contribution in [2.24, 2.45) is 17.6 Å². The van der Waals surface area contributed by atoms with Gasteiger partial charge in [-0.15, -0.1) is 0 Å². The molecule has 3 heteroatoms. The molecular formula is C16H31N3. The predicted molar refractivity (Wildman–Crippen MR) is 80.2 cm³/mol. The Bertz CT molecular complexity index is 284. The highest BCUT2D eigenvalue weighted by atomic mass is 15.3. The fraction of sp³-hybridized carbons (Fsp3) is 1.00. The summed E-state index contributed by atoms with van der Waals surface area (Å²) < 4.78 is 0. The van der Waals surface area contributed by atoms with Crippen LogP contribution in [0.3, 0.4) is 0 Å². The zero-order valence-electron chi connectivity index (χ0n) is 12.6. The van der Waals surface area contributed by atoms with Gasteiger partial charge in [-0.3, -0.25) is 4.90 Å². The Hall–Kier alpha value is -0.120. The minimum absolute atomic E-state index is 0.345. The van der Waals surface area contributed by atoms with Gasteiger partial charge in [0.2, 0.25) is 0 Å². The quantitative estimate of drug-likeness (QED) is 0.843. The zero-order chi connectivity index (χ0) is 13.3. The number of hydrogen-bond donors (Lipinski definition) is 1. The van der Waals surface area contributed by atoms with E-state index in [9.17, 15) is 0 Å². The smallest absolute Gasteiger partial charge is 0.0333 e. The van der Waals surface area contributed by atoms with Gasteiger partial charge in [-0.25, -0.2) is 0 Å². The summed E-state index contributed by atoms with van der Waals surface area (Å²) in [5, 5.41) is 0. The predicted octanol–water partition coefficient (Wildman–Crippen LogP) is 1.92. The van der Waals surface area contributed by atoms with Gasteiger partial charge >= 0.3 is 0 Å². The molecule has 19 heavy (non-hydrogen) atoms. The van der Waals surface area contributed by atoms with Gasteiger partial charge in [-0.2, -0.15) is 0 Å². The first-order chi connectivity index (χ1) is 9.22. The summed E-state index contributed by atoms with van der Waals surface area (Å²) in [5.41, 5.74) is 6.53. The maximum absolute atomic E-state index is 6.18. The Balaban J connectivity index is 1.53. The summed E-state index contributed by atoms with van der Waals surface area (Å²) in [7, 11) is 0. The maximum Gasteiger partial charge on any atom is 0.0333 e. The molecule has 0 aromatic heterocycles. The summed E-state index contributed by atoms with van der Waals surface area (Å²) in [6.07, 6.45) is 8.36. The van der Waals surface area contributed by atoms with E-state index in [1.165, 1.54) is 71.2 Å². The highest BCUT2D eigenvalue weighted by molar-refractivity contribution is 4.97. The maximum atomic E-state index is 6.18. The van der Waals surface area contributed by atoms with Crippen LogP contribution in [0.25, 0.3) is 0 Å². The van der Waals surface area contributed by atoms with Crippen LogP contribution < -0.4 is 5.73 Å². The lowest BCUT2D eigenvalue weighted by Crippen LogP contribution is -2.61. The highest BCUT2D eigenvalue weighted by Gasteiger charge is 2.39. The van der Waals surface area contributed by atoms with Crippen molar-refractivity contribution >= 4 is 0 Å². The van der Waals surface area contributed by atoms with Crippen molar-refractivity contribution in [3.05, 3.63) is 0 Å². The standard InChI is InChI=1S/C16H31N3/c1-14-4-6-16(13-17,7-5-14)19-10-8-18(9-11-19)12-15-2-3-15/h14-15H,2-13,17H2,1H3. The SMILES string of the molecule is CC1CCC(CN)(N2CCN(CC3CC3)CC2)CC1. The fourth-order valence-electron chi connectivity index (χ4n) is 4.02. The molecule has 3 nitrogen and oxygen atoms in total. The van der Waals surface area contributed by atoms with E-state index in [0.717, 1.165) is 18.4 Å². The number of piperazine rings is 1. The lowest BCUT2D eigenvalue weighted by atomic mass is 9.75. The molecule has 0 unspecified atom stereocenters. The highest BCUT2D eigenvalue weighted by Crippen LogP contribution is 2.36. The van der Waals surface area contributed by atoms with Gasteiger partial charge in [-0.05, 0) is 50.4 Å². The van der Waals surface area contributed by atoms with Crippen molar-refractivity contribution in [3.63, 3.8) is 0 Å². The van der Waals surface area contributed by atoms with Crippen LogP contribution in [0, 0.1) is 11.8 Å². The minimum atomic E-state index is 0.345. The molecule has 0 aromatic rings. The summed E-state index contributed by atoms with van der Waals surface area (Å²) in [6.45, 7) is 9.66. The van der Waals surface area contributed by atoms with Gasteiger partial charge < -0.3 is 10.6 Å². The number of hydrogen-bond acceptors (Lipinski definition) is 3. The van der Waals surface area contributed by atoms with Crippen molar-refractivity contribution in [2.75, 3.05) is 39.3 Å². The molecule has 2 saturated carbocycles. The number of rotatable bonds is 4. The lowest BCUT2D eigenvalue weighted by molar-refractivity contribution is 0.00428. The van der Waals surface area contributed by atoms with E-state index in [-0.39, 0.29) is 0 Å². The van der Waals surface area contributed by atoms with E-state index in [1.54, 1.807) is 0 Å². The van der Waals surface area contributed by atoms with Crippen LogP contribution in [-0.4, -0.2) is 54.6 Å². The Morgan fingerprint density at radius 1 is 1.00 bits per heavy atom. The second kappa shape index (κ2) is 5.71. The molecule has 2 aliphatic carbocycles. The Morgan fingerprint density at radius 3 is 2.16 bits per heavy atom. The summed E-state index contributed by atoms with van der Waals surface area (Å²) in [5.74, 6) is 1.95.